The Kier molecular flexibility index (Phi) is 3.42. The van der Waals surface area contributed by atoms with Crippen LogP contribution in [0, 0.1) is 0 Å². The molecule has 0 bridgehead atoms. The van der Waals surface area contributed by atoms with Crippen molar-refractivity contribution in [2.24, 2.45) is 0 Å². The Hall–Kier alpha value is -1.55. The van der Waals surface area contributed by atoms with Crippen LogP contribution in [0.25, 0.3) is 0 Å². The number of amides is 1. The molecule has 19 heavy (non-hydrogen) atoms. The van der Waals surface area contributed by atoms with E-state index in [0.29, 0.717) is 6.54 Å². The van der Waals surface area contributed by atoms with Crippen molar-refractivity contribution in [1.82, 2.24) is 10.2 Å². The molecule has 1 unspecified atom stereocenters. The molecule has 2 aliphatic heterocycles. The molecule has 1 saturated heterocycles. The highest BCUT2D eigenvalue weighted by molar-refractivity contribution is 5.82. The third-order valence-electron chi connectivity index (χ3n) is 4.12. The van der Waals surface area contributed by atoms with E-state index in [2.05, 4.69) is 11.4 Å². The lowest BCUT2D eigenvalue weighted by molar-refractivity contribution is -0.134. The number of hydrogen-bond donors (Lipinski definition) is 1. The van der Waals surface area contributed by atoms with Crippen LogP contribution in [-0.2, 0) is 17.8 Å². The summed E-state index contributed by atoms with van der Waals surface area (Å²) in [4.78, 5) is 14.4. The lowest BCUT2D eigenvalue weighted by Crippen LogP contribution is -2.45. The van der Waals surface area contributed by atoms with Gasteiger partial charge in [0.25, 0.3) is 0 Å². The molecule has 1 aromatic rings. The number of fused-ring (bicyclic) bond motifs is 1. The van der Waals surface area contributed by atoms with E-state index >= 15 is 0 Å². The quantitative estimate of drug-likeness (QED) is 0.872. The number of nitrogens with zero attached hydrogens (tertiary/aromatic N) is 1. The summed E-state index contributed by atoms with van der Waals surface area (Å²) in [6.07, 6.45) is 2.99. The fourth-order valence-electron chi connectivity index (χ4n) is 3.05. The van der Waals surface area contributed by atoms with Crippen molar-refractivity contribution in [3.63, 3.8) is 0 Å². The number of rotatable bonds is 2. The molecule has 1 aromatic carbocycles. The highest BCUT2D eigenvalue weighted by Crippen LogP contribution is 2.28. The second-order valence-corrected chi connectivity index (χ2v) is 5.26. The van der Waals surface area contributed by atoms with E-state index in [4.69, 9.17) is 4.74 Å². The van der Waals surface area contributed by atoms with Crippen molar-refractivity contribution in [3.05, 3.63) is 29.3 Å². The smallest absolute Gasteiger partial charge is 0.240 e. The SMILES string of the molecule is COc1cccc2c1CN(C(=O)C1CCCN1)CC2. The Bertz CT molecular complexity index is 467. The van der Waals surface area contributed by atoms with E-state index < -0.39 is 0 Å². The number of ether oxygens (including phenoxy) is 1. The van der Waals surface area contributed by atoms with Crippen LogP contribution in [0.2, 0.25) is 0 Å². The number of carbonyl (C=O) groups excluding carboxylic acids is 1. The average Bonchev–Trinajstić information content (AvgIpc) is 2.99. The molecule has 0 saturated carbocycles. The maximum Gasteiger partial charge on any atom is 0.240 e. The van der Waals surface area contributed by atoms with Crippen LogP contribution in [-0.4, -0.2) is 37.0 Å². The van der Waals surface area contributed by atoms with Gasteiger partial charge in [0.15, 0.2) is 0 Å². The summed E-state index contributed by atoms with van der Waals surface area (Å²) in [5.74, 6) is 1.14. The molecule has 1 fully saturated rings. The van der Waals surface area contributed by atoms with Crippen molar-refractivity contribution in [2.75, 3.05) is 20.2 Å². The summed E-state index contributed by atoms with van der Waals surface area (Å²) in [7, 11) is 1.69. The van der Waals surface area contributed by atoms with E-state index in [-0.39, 0.29) is 11.9 Å². The lowest BCUT2D eigenvalue weighted by Gasteiger charge is -2.31. The zero-order chi connectivity index (χ0) is 13.2. The van der Waals surface area contributed by atoms with Crippen molar-refractivity contribution >= 4 is 5.91 Å². The summed E-state index contributed by atoms with van der Waals surface area (Å²) in [6, 6.07) is 6.15. The first-order valence-electron chi connectivity index (χ1n) is 6.96. The van der Waals surface area contributed by atoms with Crippen LogP contribution < -0.4 is 10.1 Å². The van der Waals surface area contributed by atoms with Crippen molar-refractivity contribution in [1.29, 1.82) is 0 Å². The number of benzene rings is 1. The van der Waals surface area contributed by atoms with E-state index in [1.54, 1.807) is 7.11 Å². The van der Waals surface area contributed by atoms with Gasteiger partial charge in [0, 0.05) is 18.7 Å². The maximum absolute atomic E-state index is 12.4. The molecule has 0 aliphatic carbocycles. The van der Waals surface area contributed by atoms with E-state index in [9.17, 15) is 4.79 Å². The average molecular weight is 260 g/mol. The van der Waals surface area contributed by atoms with Crippen LogP contribution in [0.3, 0.4) is 0 Å². The lowest BCUT2D eigenvalue weighted by atomic mass is 9.98. The largest absolute Gasteiger partial charge is 0.496 e. The molecule has 4 heteroatoms. The molecule has 0 spiro atoms. The van der Waals surface area contributed by atoms with E-state index in [0.717, 1.165) is 38.1 Å². The van der Waals surface area contributed by atoms with Gasteiger partial charge in [0.2, 0.25) is 5.91 Å². The third kappa shape index (κ3) is 2.32. The first-order chi connectivity index (χ1) is 9.29. The van der Waals surface area contributed by atoms with Gasteiger partial charge in [0.1, 0.15) is 5.75 Å². The number of hydrogen-bond acceptors (Lipinski definition) is 3. The topological polar surface area (TPSA) is 41.6 Å². The summed E-state index contributed by atoms with van der Waals surface area (Å²) >= 11 is 0. The molecule has 2 aliphatic rings. The van der Waals surface area contributed by atoms with Crippen molar-refractivity contribution in [2.45, 2.75) is 31.8 Å². The minimum atomic E-state index is 0.0243. The molecule has 2 heterocycles. The predicted octanol–water partition coefficient (Wildman–Crippen LogP) is 1.33. The van der Waals surface area contributed by atoms with Crippen molar-refractivity contribution < 1.29 is 9.53 Å². The molecule has 1 atom stereocenters. The zero-order valence-corrected chi connectivity index (χ0v) is 11.3. The van der Waals surface area contributed by atoms with Gasteiger partial charge in [-0.25, -0.2) is 0 Å². The normalized spacial score (nSPS) is 22.2. The van der Waals surface area contributed by atoms with Gasteiger partial charge in [-0.3, -0.25) is 4.79 Å². The van der Waals surface area contributed by atoms with Crippen LogP contribution in [0.15, 0.2) is 18.2 Å². The Morgan fingerprint density at radius 1 is 1.47 bits per heavy atom. The van der Waals surface area contributed by atoms with Gasteiger partial charge in [-0.05, 0) is 37.4 Å². The molecular weight excluding hydrogens is 240 g/mol. The summed E-state index contributed by atoms with van der Waals surface area (Å²) in [5.41, 5.74) is 2.48. The van der Waals surface area contributed by atoms with Crippen LogP contribution in [0.4, 0.5) is 0 Å². The van der Waals surface area contributed by atoms with Crippen LogP contribution >= 0.6 is 0 Å². The third-order valence-corrected chi connectivity index (χ3v) is 4.12. The molecule has 0 radical (unpaired) electrons. The molecular formula is C15H20N2O2. The Balaban J connectivity index is 1.79. The summed E-state index contributed by atoms with van der Waals surface area (Å²) < 4.78 is 5.41. The highest BCUT2D eigenvalue weighted by atomic mass is 16.5. The minimum Gasteiger partial charge on any atom is -0.496 e. The second kappa shape index (κ2) is 5.21. The fraction of sp³-hybridized carbons (Fsp3) is 0.533. The first-order valence-corrected chi connectivity index (χ1v) is 6.96. The Morgan fingerprint density at radius 2 is 2.37 bits per heavy atom. The first kappa shape index (κ1) is 12.5. The van der Waals surface area contributed by atoms with Crippen LogP contribution in [0.1, 0.15) is 24.0 Å². The second-order valence-electron chi connectivity index (χ2n) is 5.26. The monoisotopic (exact) mass is 260 g/mol. The highest BCUT2D eigenvalue weighted by Gasteiger charge is 2.29. The van der Waals surface area contributed by atoms with Crippen molar-refractivity contribution in [3.8, 4) is 5.75 Å². The summed E-state index contributed by atoms with van der Waals surface area (Å²) in [6.45, 7) is 2.46. The molecule has 4 nitrogen and oxygen atoms in total. The number of methoxy groups -OCH3 is 1. The number of nitrogens with one attached hydrogen (secondary N) is 1. The standard InChI is InChI=1S/C15H20N2O2/c1-19-14-6-2-4-11-7-9-17(10-12(11)14)15(18)13-5-3-8-16-13/h2,4,6,13,16H,3,5,7-10H2,1H3. The van der Waals surface area contributed by atoms with E-state index in [1.165, 1.54) is 11.1 Å². The van der Waals surface area contributed by atoms with Crippen LogP contribution in [0.5, 0.6) is 5.75 Å². The fourth-order valence-corrected chi connectivity index (χ4v) is 3.05. The van der Waals surface area contributed by atoms with Gasteiger partial charge in [-0.15, -0.1) is 0 Å². The minimum absolute atomic E-state index is 0.0243. The van der Waals surface area contributed by atoms with Gasteiger partial charge in [-0.1, -0.05) is 12.1 Å². The molecule has 1 N–H and O–H groups in total. The van der Waals surface area contributed by atoms with Gasteiger partial charge in [-0.2, -0.15) is 0 Å². The Labute approximate surface area is 113 Å². The van der Waals surface area contributed by atoms with Gasteiger partial charge < -0.3 is 15.0 Å². The maximum atomic E-state index is 12.4. The zero-order valence-electron chi connectivity index (χ0n) is 11.3. The molecule has 3 rings (SSSR count). The summed E-state index contributed by atoms with van der Waals surface area (Å²) in [5, 5.41) is 3.28. The molecule has 0 aromatic heterocycles. The van der Waals surface area contributed by atoms with E-state index in [1.807, 2.05) is 17.0 Å². The predicted molar refractivity (Wildman–Crippen MR) is 73.1 cm³/mol. The molecule has 102 valence electrons. The van der Waals surface area contributed by atoms with Gasteiger partial charge >= 0.3 is 0 Å². The Morgan fingerprint density at radius 3 is 3.11 bits per heavy atom. The molecule has 1 amide bonds. The van der Waals surface area contributed by atoms with Gasteiger partial charge in [0.05, 0.1) is 13.2 Å². The number of carbonyl (C=O) groups is 1.